The van der Waals surface area contributed by atoms with Crippen molar-refractivity contribution < 1.29 is 4.74 Å². The van der Waals surface area contributed by atoms with Crippen LogP contribution in [0.5, 0.6) is 0 Å². The van der Waals surface area contributed by atoms with E-state index in [4.69, 9.17) is 4.74 Å². The maximum Gasteiger partial charge on any atom is 0.0725 e. The average molecular weight is 172 g/mol. The van der Waals surface area contributed by atoms with Gasteiger partial charge in [-0.3, -0.25) is 0 Å². The van der Waals surface area contributed by atoms with Crippen molar-refractivity contribution in [1.29, 1.82) is 0 Å². The average Bonchev–Trinajstić information content (AvgIpc) is 1.98. The summed E-state index contributed by atoms with van der Waals surface area (Å²) in [5.74, 6) is 0. The molecule has 0 N–H and O–H groups in total. The molecular formula is C11H24O. The molecular weight excluding hydrogens is 148 g/mol. The predicted octanol–water partition coefficient (Wildman–Crippen LogP) is 3.63. The van der Waals surface area contributed by atoms with Gasteiger partial charge < -0.3 is 4.74 Å². The number of ether oxygens (including phenoxy) is 1. The van der Waals surface area contributed by atoms with Gasteiger partial charge in [0.05, 0.1) is 5.60 Å². The molecule has 0 saturated carbocycles. The second-order valence-electron chi connectivity index (χ2n) is 4.38. The molecule has 1 heteroatoms. The first-order valence-electron chi connectivity index (χ1n) is 5.07. The van der Waals surface area contributed by atoms with Gasteiger partial charge in [-0.2, -0.15) is 0 Å². The van der Waals surface area contributed by atoms with Crippen LogP contribution in [-0.2, 0) is 4.74 Å². The minimum Gasteiger partial charge on any atom is -0.375 e. The lowest BCUT2D eigenvalue weighted by atomic mass is 9.73. The molecule has 0 aromatic rings. The summed E-state index contributed by atoms with van der Waals surface area (Å²) in [5, 5.41) is 0. The standard InChI is InChI=1S/C11H24O/c1-7-11(8-2,12-9-3)10(4,5)6/h7-9H2,1-6H3. The highest BCUT2D eigenvalue weighted by molar-refractivity contribution is 4.90. The van der Waals surface area contributed by atoms with Gasteiger partial charge in [0.15, 0.2) is 0 Å². The summed E-state index contributed by atoms with van der Waals surface area (Å²) in [4.78, 5) is 0. The van der Waals surface area contributed by atoms with Crippen molar-refractivity contribution in [2.75, 3.05) is 6.61 Å². The van der Waals surface area contributed by atoms with Gasteiger partial charge in [-0.15, -0.1) is 0 Å². The molecule has 0 aliphatic heterocycles. The summed E-state index contributed by atoms with van der Waals surface area (Å²) in [6.45, 7) is 14.1. The quantitative estimate of drug-likeness (QED) is 0.629. The highest BCUT2D eigenvalue weighted by Gasteiger charge is 2.39. The van der Waals surface area contributed by atoms with Crippen LogP contribution in [-0.4, -0.2) is 12.2 Å². The van der Waals surface area contributed by atoms with Crippen molar-refractivity contribution >= 4 is 0 Å². The molecule has 0 radical (unpaired) electrons. The Kier molecular flexibility index (Phi) is 4.25. The summed E-state index contributed by atoms with van der Waals surface area (Å²) in [6.07, 6.45) is 2.20. The van der Waals surface area contributed by atoms with Gasteiger partial charge in [-0.05, 0) is 25.2 Å². The SMILES string of the molecule is CCOC(CC)(CC)C(C)(C)C. The fraction of sp³-hybridized carbons (Fsp3) is 1.00. The lowest BCUT2D eigenvalue weighted by Crippen LogP contribution is -2.44. The zero-order valence-corrected chi connectivity index (χ0v) is 9.53. The van der Waals surface area contributed by atoms with Crippen molar-refractivity contribution in [1.82, 2.24) is 0 Å². The van der Waals surface area contributed by atoms with E-state index in [1.165, 1.54) is 0 Å². The Morgan fingerprint density at radius 2 is 1.33 bits per heavy atom. The first-order valence-corrected chi connectivity index (χ1v) is 5.07. The van der Waals surface area contributed by atoms with E-state index >= 15 is 0 Å². The Bertz CT molecular complexity index is 117. The molecule has 0 heterocycles. The topological polar surface area (TPSA) is 9.23 Å². The predicted molar refractivity (Wildman–Crippen MR) is 54.4 cm³/mol. The highest BCUT2D eigenvalue weighted by atomic mass is 16.5. The van der Waals surface area contributed by atoms with Crippen LogP contribution < -0.4 is 0 Å². The van der Waals surface area contributed by atoms with Crippen molar-refractivity contribution in [2.45, 2.75) is 60.0 Å². The van der Waals surface area contributed by atoms with Crippen LogP contribution in [0, 0.1) is 5.41 Å². The molecule has 0 unspecified atom stereocenters. The summed E-state index contributed by atoms with van der Waals surface area (Å²) < 4.78 is 5.89. The van der Waals surface area contributed by atoms with Gasteiger partial charge in [0, 0.05) is 6.61 Å². The third kappa shape index (κ3) is 2.22. The highest BCUT2D eigenvalue weighted by Crippen LogP contribution is 2.39. The van der Waals surface area contributed by atoms with Crippen LogP contribution >= 0.6 is 0 Å². The minimum atomic E-state index is 0.0712. The van der Waals surface area contributed by atoms with Gasteiger partial charge >= 0.3 is 0 Å². The van der Waals surface area contributed by atoms with Crippen LogP contribution in [0.2, 0.25) is 0 Å². The minimum absolute atomic E-state index is 0.0712. The van der Waals surface area contributed by atoms with Gasteiger partial charge in [0.2, 0.25) is 0 Å². The monoisotopic (exact) mass is 172 g/mol. The molecule has 0 atom stereocenters. The fourth-order valence-electron chi connectivity index (χ4n) is 2.01. The smallest absolute Gasteiger partial charge is 0.0725 e. The molecule has 0 amide bonds. The second kappa shape index (κ2) is 4.27. The van der Waals surface area contributed by atoms with Crippen LogP contribution in [0.15, 0.2) is 0 Å². The third-order valence-corrected chi connectivity index (χ3v) is 2.93. The van der Waals surface area contributed by atoms with Gasteiger partial charge in [0.1, 0.15) is 0 Å². The lowest BCUT2D eigenvalue weighted by Gasteiger charge is -2.43. The van der Waals surface area contributed by atoms with Crippen molar-refractivity contribution in [3.05, 3.63) is 0 Å². The Hall–Kier alpha value is -0.0400. The molecule has 0 bridgehead atoms. The number of hydrogen-bond donors (Lipinski definition) is 0. The van der Waals surface area contributed by atoms with Crippen molar-refractivity contribution in [2.24, 2.45) is 5.41 Å². The first kappa shape index (κ1) is 12.0. The van der Waals surface area contributed by atoms with Gasteiger partial charge in [-0.1, -0.05) is 34.6 Å². The van der Waals surface area contributed by atoms with E-state index in [2.05, 4.69) is 41.5 Å². The Morgan fingerprint density at radius 1 is 0.917 bits per heavy atom. The molecule has 0 aromatic heterocycles. The Balaban J connectivity index is 4.57. The van der Waals surface area contributed by atoms with Gasteiger partial charge in [0.25, 0.3) is 0 Å². The molecule has 0 aromatic carbocycles. The molecule has 0 saturated heterocycles. The number of rotatable bonds is 4. The number of hydrogen-bond acceptors (Lipinski definition) is 1. The van der Waals surface area contributed by atoms with Crippen LogP contribution in [0.3, 0.4) is 0 Å². The fourth-order valence-corrected chi connectivity index (χ4v) is 2.01. The normalized spacial score (nSPS) is 13.5. The largest absolute Gasteiger partial charge is 0.375 e. The zero-order chi connectivity index (χ0) is 9.83. The molecule has 0 rings (SSSR count). The molecule has 0 aliphatic rings. The first-order chi connectivity index (χ1) is 5.43. The summed E-state index contributed by atoms with van der Waals surface area (Å²) in [6, 6.07) is 0. The van der Waals surface area contributed by atoms with Crippen LogP contribution in [0.1, 0.15) is 54.4 Å². The van der Waals surface area contributed by atoms with E-state index in [-0.39, 0.29) is 11.0 Å². The second-order valence-corrected chi connectivity index (χ2v) is 4.38. The third-order valence-electron chi connectivity index (χ3n) is 2.93. The summed E-state index contributed by atoms with van der Waals surface area (Å²) in [5.41, 5.74) is 0.314. The lowest BCUT2D eigenvalue weighted by molar-refractivity contribution is -0.118. The Labute approximate surface area is 77.5 Å². The van der Waals surface area contributed by atoms with Gasteiger partial charge in [-0.25, -0.2) is 0 Å². The van der Waals surface area contributed by atoms with Crippen LogP contribution in [0.25, 0.3) is 0 Å². The molecule has 74 valence electrons. The van der Waals surface area contributed by atoms with E-state index in [0.29, 0.717) is 0 Å². The molecule has 0 spiro atoms. The van der Waals surface area contributed by atoms with Crippen molar-refractivity contribution in [3.8, 4) is 0 Å². The van der Waals surface area contributed by atoms with Crippen LogP contribution in [0.4, 0.5) is 0 Å². The summed E-state index contributed by atoms with van der Waals surface area (Å²) >= 11 is 0. The molecule has 0 aliphatic carbocycles. The maximum atomic E-state index is 5.89. The molecule has 1 nitrogen and oxygen atoms in total. The Morgan fingerprint density at radius 3 is 1.42 bits per heavy atom. The zero-order valence-electron chi connectivity index (χ0n) is 9.53. The van der Waals surface area contributed by atoms with E-state index in [9.17, 15) is 0 Å². The molecule has 12 heavy (non-hydrogen) atoms. The summed E-state index contributed by atoms with van der Waals surface area (Å²) in [7, 11) is 0. The molecule has 0 fully saturated rings. The van der Waals surface area contributed by atoms with E-state index in [1.54, 1.807) is 0 Å². The van der Waals surface area contributed by atoms with E-state index < -0.39 is 0 Å². The van der Waals surface area contributed by atoms with Crippen molar-refractivity contribution in [3.63, 3.8) is 0 Å². The maximum absolute atomic E-state index is 5.89. The van der Waals surface area contributed by atoms with E-state index in [0.717, 1.165) is 19.4 Å². The van der Waals surface area contributed by atoms with E-state index in [1.807, 2.05) is 0 Å².